The monoisotopic (exact) mass is 298 g/mol. The Bertz CT molecular complexity index is 389. The lowest BCUT2D eigenvalue weighted by molar-refractivity contribution is -0.136. The fourth-order valence-electron chi connectivity index (χ4n) is 1.75. The van der Waals surface area contributed by atoms with Gasteiger partial charge in [0.15, 0.2) is 0 Å². The van der Waals surface area contributed by atoms with Crippen LogP contribution in [0.1, 0.15) is 30.1 Å². The number of carbonyl (C=O) groups is 1. The quantitative estimate of drug-likeness (QED) is 0.621. The van der Waals surface area contributed by atoms with E-state index >= 15 is 0 Å². The lowest BCUT2D eigenvalue weighted by atomic mass is 10.0. The van der Waals surface area contributed by atoms with Crippen LogP contribution in [0.3, 0.4) is 0 Å². The van der Waals surface area contributed by atoms with Crippen molar-refractivity contribution in [2.24, 2.45) is 0 Å². The van der Waals surface area contributed by atoms with E-state index in [2.05, 4.69) is 22.9 Å². The van der Waals surface area contributed by atoms with Gasteiger partial charge >= 0.3 is 5.97 Å². The van der Waals surface area contributed by atoms with Gasteiger partial charge in [-0.1, -0.05) is 34.1 Å². The maximum absolute atomic E-state index is 11.8. The Morgan fingerprint density at radius 3 is 2.82 bits per heavy atom. The highest BCUT2D eigenvalue weighted by molar-refractivity contribution is 9.10. The van der Waals surface area contributed by atoms with Crippen molar-refractivity contribution >= 4 is 21.9 Å². The van der Waals surface area contributed by atoms with E-state index in [1.165, 1.54) is 0 Å². The number of carbonyl (C=O) groups excluding carboxylic acids is 1. The van der Waals surface area contributed by atoms with Crippen LogP contribution in [0, 0.1) is 0 Å². The largest absolute Gasteiger partial charge is 0.432 e. The fraction of sp³-hybridized carbons (Fsp3) is 0.462. The third kappa shape index (κ3) is 3.54. The Labute approximate surface area is 109 Å². The summed E-state index contributed by atoms with van der Waals surface area (Å²) in [5.41, 5.74) is 0.554. The molecule has 0 radical (unpaired) electrons. The second-order valence-corrected chi connectivity index (χ2v) is 6.35. The van der Waals surface area contributed by atoms with E-state index in [4.69, 9.17) is 9.47 Å². The van der Waals surface area contributed by atoms with Crippen molar-refractivity contribution in [2.45, 2.75) is 30.4 Å². The van der Waals surface area contributed by atoms with Crippen molar-refractivity contribution in [3.05, 3.63) is 35.9 Å². The number of halogens is 1. The van der Waals surface area contributed by atoms with Crippen LogP contribution in [0.4, 0.5) is 0 Å². The van der Waals surface area contributed by atoms with Crippen molar-refractivity contribution in [3.8, 4) is 0 Å². The van der Waals surface area contributed by atoms with Crippen LogP contribution in [0.2, 0.25) is 0 Å². The molecule has 0 amide bonds. The zero-order chi connectivity index (χ0) is 12.3. The standard InChI is InChI=1S/C13H15BrO3/c1-13(14)7-8-16-11(9-13)17-12(15)10-5-3-2-4-6-10/h2-6,11H,7-9H2,1H3. The summed E-state index contributed by atoms with van der Waals surface area (Å²) in [6, 6.07) is 8.96. The van der Waals surface area contributed by atoms with Crippen LogP contribution in [-0.4, -0.2) is 23.2 Å². The van der Waals surface area contributed by atoms with Crippen LogP contribution in [0.5, 0.6) is 0 Å². The van der Waals surface area contributed by atoms with Gasteiger partial charge in [0, 0.05) is 10.7 Å². The molecule has 1 saturated heterocycles. The Kier molecular flexibility index (Phi) is 3.84. The molecule has 92 valence electrons. The molecule has 17 heavy (non-hydrogen) atoms. The van der Waals surface area contributed by atoms with Gasteiger partial charge in [-0.3, -0.25) is 0 Å². The summed E-state index contributed by atoms with van der Waals surface area (Å²) in [7, 11) is 0. The number of rotatable bonds is 2. The Balaban J connectivity index is 1.95. The lowest BCUT2D eigenvalue weighted by Gasteiger charge is -2.33. The summed E-state index contributed by atoms with van der Waals surface area (Å²) in [5, 5.41) is 0. The van der Waals surface area contributed by atoms with E-state index in [0.717, 1.165) is 6.42 Å². The SMILES string of the molecule is CC1(Br)CCOC(OC(=O)c2ccccc2)C1. The van der Waals surface area contributed by atoms with E-state index in [1.54, 1.807) is 12.1 Å². The van der Waals surface area contributed by atoms with Crippen molar-refractivity contribution < 1.29 is 14.3 Å². The smallest absolute Gasteiger partial charge is 0.340 e. The summed E-state index contributed by atoms with van der Waals surface area (Å²) < 4.78 is 10.7. The number of alkyl halides is 1. The first kappa shape index (κ1) is 12.6. The molecule has 0 spiro atoms. The highest BCUT2D eigenvalue weighted by Gasteiger charge is 2.32. The normalized spacial score (nSPS) is 28.7. The van der Waals surface area contributed by atoms with Crippen molar-refractivity contribution in [2.75, 3.05) is 6.61 Å². The van der Waals surface area contributed by atoms with E-state index < -0.39 is 6.29 Å². The summed E-state index contributed by atoms with van der Waals surface area (Å²) in [5.74, 6) is -0.333. The minimum absolute atomic E-state index is 0.00706. The molecule has 2 atom stereocenters. The fourth-order valence-corrected chi connectivity index (χ4v) is 2.18. The molecule has 1 heterocycles. The van der Waals surface area contributed by atoms with Crippen LogP contribution in [0.15, 0.2) is 30.3 Å². The molecule has 0 N–H and O–H groups in total. The van der Waals surface area contributed by atoms with Gasteiger partial charge in [-0.25, -0.2) is 4.79 Å². The maximum Gasteiger partial charge on any atom is 0.340 e. The second kappa shape index (κ2) is 5.19. The van der Waals surface area contributed by atoms with Gasteiger partial charge in [0.1, 0.15) is 0 Å². The molecule has 1 fully saturated rings. The Morgan fingerprint density at radius 1 is 1.47 bits per heavy atom. The first-order chi connectivity index (χ1) is 8.07. The third-order valence-corrected chi connectivity index (χ3v) is 3.49. The first-order valence-electron chi connectivity index (χ1n) is 5.63. The average molecular weight is 299 g/mol. The Morgan fingerprint density at radius 2 is 2.18 bits per heavy atom. The molecule has 1 aliphatic rings. The molecular weight excluding hydrogens is 284 g/mol. The zero-order valence-corrected chi connectivity index (χ0v) is 11.3. The van der Waals surface area contributed by atoms with Crippen molar-refractivity contribution in [1.82, 2.24) is 0 Å². The molecule has 3 nitrogen and oxygen atoms in total. The molecule has 0 aliphatic carbocycles. The van der Waals surface area contributed by atoms with E-state index in [-0.39, 0.29) is 10.3 Å². The predicted molar refractivity (Wildman–Crippen MR) is 68.2 cm³/mol. The van der Waals surface area contributed by atoms with Gasteiger partial charge in [0.2, 0.25) is 6.29 Å². The number of hydrogen-bond acceptors (Lipinski definition) is 3. The minimum Gasteiger partial charge on any atom is -0.432 e. The summed E-state index contributed by atoms with van der Waals surface area (Å²) >= 11 is 3.61. The van der Waals surface area contributed by atoms with Crippen LogP contribution in [0.25, 0.3) is 0 Å². The van der Waals surface area contributed by atoms with Gasteiger partial charge < -0.3 is 9.47 Å². The number of ether oxygens (including phenoxy) is 2. The van der Waals surface area contributed by atoms with E-state index in [0.29, 0.717) is 18.6 Å². The van der Waals surface area contributed by atoms with Gasteiger partial charge in [0.25, 0.3) is 0 Å². The molecular formula is C13H15BrO3. The number of esters is 1. The summed E-state index contributed by atoms with van der Waals surface area (Å²) in [6.07, 6.45) is 1.14. The number of benzene rings is 1. The van der Waals surface area contributed by atoms with Gasteiger partial charge in [-0.15, -0.1) is 0 Å². The minimum atomic E-state index is -0.458. The van der Waals surface area contributed by atoms with Crippen LogP contribution < -0.4 is 0 Å². The van der Waals surface area contributed by atoms with Crippen molar-refractivity contribution in [1.29, 1.82) is 0 Å². The molecule has 1 aromatic carbocycles. The lowest BCUT2D eigenvalue weighted by Crippen LogP contribution is -2.36. The van der Waals surface area contributed by atoms with Gasteiger partial charge in [-0.2, -0.15) is 0 Å². The average Bonchev–Trinajstić information content (AvgIpc) is 2.29. The predicted octanol–water partition coefficient (Wildman–Crippen LogP) is 3.13. The molecule has 4 heteroatoms. The molecule has 0 aromatic heterocycles. The zero-order valence-electron chi connectivity index (χ0n) is 9.69. The molecule has 0 saturated carbocycles. The number of hydrogen-bond donors (Lipinski definition) is 0. The summed E-state index contributed by atoms with van der Waals surface area (Å²) in [6.45, 7) is 2.69. The van der Waals surface area contributed by atoms with E-state index in [9.17, 15) is 4.79 Å². The second-order valence-electron chi connectivity index (χ2n) is 4.44. The molecule has 2 unspecified atom stereocenters. The van der Waals surface area contributed by atoms with Crippen LogP contribution in [-0.2, 0) is 9.47 Å². The Hall–Kier alpha value is -0.870. The molecule has 1 aromatic rings. The molecule has 1 aliphatic heterocycles. The molecule has 2 rings (SSSR count). The maximum atomic E-state index is 11.8. The first-order valence-corrected chi connectivity index (χ1v) is 6.43. The summed E-state index contributed by atoms with van der Waals surface area (Å²) in [4.78, 5) is 11.8. The van der Waals surface area contributed by atoms with Gasteiger partial charge in [0.05, 0.1) is 12.2 Å². The highest BCUT2D eigenvalue weighted by Crippen LogP contribution is 2.33. The van der Waals surface area contributed by atoms with Crippen molar-refractivity contribution in [3.63, 3.8) is 0 Å². The van der Waals surface area contributed by atoms with Crippen LogP contribution >= 0.6 is 15.9 Å². The van der Waals surface area contributed by atoms with E-state index in [1.807, 2.05) is 18.2 Å². The topological polar surface area (TPSA) is 35.5 Å². The third-order valence-electron chi connectivity index (χ3n) is 2.77. The van der Waals surface area contributed by atoms with Gasteiger partial charge in [-0.05, 0) is 25.5 Å². The highest BCUT2D eigenvalue weighted by atomic mass is 79.9. The molecule has 0 bridgehead atoms.